The maximum absolute atomic E-state index is 13.8. The first-order valence-corrected chi connectivity index (χ1v) is 13.0. The van der Waals surface area contributed by atoms with Gasteiger partial charge in [-0.2, -0.15) is 0 Å². The van der Waals surface area contributed by atoms with Gasteiger partial charge >= 0.3 is 57.1 Å². The Balaban J connectivity index is 0.00000370. The van der Waals surface area contributed by atoms with Crippen LogP contribution in [0.15, 0.2) is 93.0 Å². The third-order valence-corrected chi connectivity index (χ3v) is 6.71. The number of rotatable bonds is 10. The van der Waals surface area contributed by atoms with Gasteiger partial charge in [0.2, 0.25) is 0 Å². The van der Waals surface area contributed by atoms with Crippen LogP contribution in [0, 0.1) is 0 Å². The molecule has 5 aromatic rings. The topological polar surface area (TPSA) is 103 Å². The summed E-state index contributed by atoms with van der Waals surface area (Å²) in [5, 5.41) is 3.84. The summed E-state index contributed by atoms with van der Waals surface area (Å²) < 4.78 is 11.9. The second-order valence-corrected chi connectivity index (χ2v) is 9.37. The second kappa shape index (κ2) is 14.0. The van der Waals surface area contributed by atoms with Crippen LogP contribution in [-0.4, -0.2) is 78.2 Å². The molecule has 0 aliphatic carbocycles. The van der Waals surface area contributed by atoms with Crippen molar-refractivity contribution in [3.8, 4) is 28.5 Å². The van der Waals surface area contributed by atoms with Gasteiger partial charge in [0.1, 0.15) is 0 Å². The van der Waals surface area contributed by atoms with Gasteiger partial charge in [0.25, 0.3) is 11.6 Å². The van der Waals surface area contributed by atoms with Crippen molar-refractivity contribution in [2.24, 2.45) is 0 Å². The van der Waals surface area contributed by atoms with Crippen molar-refractivity contribution in [1.82, 2.24) is 19.7 Å². The van der Waals surface area contributed by atoms with Gasteiger partial charge in [0.05, 0.1) is 19.3 Å². The molecule has 0 aliphatic heterocycles. The van der Waals surface area contributed by atoms with Crippen LogP contribution >= 0.6 is 0 Å². The van der Waals surface area contributed by atoms with E-state index in [2.05, 4.69) is 17.1 Å². The molecule has 40 heavy (non-hydrogen) atoms. The van der Waals surface area contributed by atoms with E-state index in [1.807, 2.05) is 78.9 Å². The number of nitrogens with one attached hydrogen (secondary N) is 1. The zero-order valence-electron chi connectivity index (χ0n) is 22.0. The molecule has 0 saturated carbocycles. The maximum atomic E-state index is 13.8. The predicted octanol–water partition coefficient (Wildman–Crippen LogP) is 4.60. The normalized spacial score (nSPS) is 10.8. The fourth-order valence-electron chi connectivity index (χ4n) is 4.70. The Bertz CT molecular complexity index is 1670. The third kappa shape index (κ3) is 6.79. The molecule has 9 heteroatoms. The number of hydrogen-bond donors (Lipinski definition) is 1. The van der Waals surface area contributed by atoms with E-state index in [9.17, 15) is 9.59 Å². The van der Waals surface area contributed by atoms with Crippen LogP contribution in [0.3, 0.4) is 0 Å². The number of ether oxygens (including phenoxy) is 1. The van der Waals surface area contributed by atoms with E-state index in [0.717, 1.165) is 46.4 Å². The predicted molar refractivity (Wildman–Crippen MR) is 157 cm³/mol. The molecule has 0 bridgehead atoms. The van der Waals surface area contributed by atoms with E-state index in [1.54, 1.807) is 11.7 Å². The number of aryl methyl sites for hydroxylation is 1. The molecule has 0 aliphatic rings. The SMILES string of the molecule is CCCCc1nc(OC)n(Cc2ccccc2)c(=O)c1Cc1ccc(-c2ccccc2-c2noc(=O)[nH]2)cc1.[KH]. The Kier molecular flexibility index (Phi) is 10.5. The fourth-order valence-corrected chi connectivity index (χ4v) is 4.70. The van der Waals surface area contributed by atoms with Crippen LogP contribution in [0.4, 0.5) is 0 Å². The molecule has 5 rings (SSSR count). The molecule has 0 amide bonds. The molecule has 3 aromatic carbocycles. The van der Waals surface area contributed by atoms with Crippen molar-refractivity contribution < 1.29 is 9.26 Å². The second-order valence-electron chi connectivity index (χ2n) is 9.37. The molecule has 0 unspecified atom stereocenters. The van der Waals surface area contributed by atoms with Gasteiger partial charge in [-0.25, -0.2) is 9.78 Å². The molecule has 0 saturated heterocycles. The molecule has 1 N–H and O–H groups in total. The molecular formula is C31H31KN4O4. The number of hydrogen-bond acceptors (Lipinski definition) is 6. The number of H-pyrrole nitrogens is 1. The summed E-state index contributed by atoms with van der Waals surface area (Å²) in [6.45, 7) is 2.51. The molecule has 0 atom stereocenters. The van der Waals surface area contributed by atoms with E-state index in [0.29, 0.717) is 36.8 Å². The summed E-state index contributed by atoms with van der Waals surface area (Å²) in [7, 11) is 1.55. The number of nitrogens with zero attached hydrogens (tertiary/aromatic N) is 3. The molecule has 8 nitrogen and oxygen atoms in total. The van der Waals surface area contributed by atoms with Crippen molar-refractivity contribution >= 4 is 51.4 Å². The van der Waals surface area contributed by atoms with Crippen molar-refractivity contribution in [2.75, 3.05) is 7.11 Å². The van der Waals surface area contributed by atoms with Crippen LogP contribution in [0.2, 0.25) is 0 Å². The van der Waals surface area contributed by atoms with Gasteiger partial charge in [-0.3, -0.25) is 18.9 Å². The van der Waals surface area contributed by atoms with Crippen molar-refractivity contribution in [3.63, 3.8) is 0 Å². The van der Waals surface area contributed by atoms with E-state index in [4.69, 9.17) is 14.2 Å². The summed E-state index contributed by atoms with van der Waals surface area (Å²) in [6, 6.07) is 25.9. The number of benzene rings is 3. The summed E-state index contributed by atoms with van der Waals surface area (Å²) in [4.78, 5) is 32.7. The number of aromatic amines is 1. The molecule has 0 radical (unpaired) electrons. The molecule has 0 spiro atoms. The standard InChI is InChI=1S/C31H30N4O4.K.H/c1-3-4-14-27-26(29(36)35(30(32-27)38-2)20-22-10-6-5-7-11-22)19-21-15-17-23(18-16-21)24-12-8-9-13-25(24)28-33-31(37)39-34-28;;/h5-13,15-18H,3-4,14,19-20H2,1-2H3,(H,33,34,37);;. The summed E-state index contributed by atoms with van der Waals surface area (Å²) in [5.41, 5.74) is 6.03. The average Bonchev–Trinajstić information content (AvgIpc) is 3.41. The monoisotopic (exact) mass is 562 g/mol. The molecule has 200 valence electrons. The Labute approximate surface area is 274 Å². The van der Waals surface area contributed by atoms with Gasteiger partial charge in [-0.15, -0.1) is 0 Å². The van der Waals surface area contributed by atoms with E-state index in [-0.39, 0.29) is 56.9 Å². The van der Waals surface area contributed by atoms with Crippen LogP contribution in [0.5, 0.6) is 6.01 Å². The Morgan fingerprint density at radius 3 is 2.25 bits per heavy atom. The Hall–Kier alpha value is -3.08. The zero-order chi connectivity index (χ0) is 27.2. The van der Waals surface area contributed by atoms with Crippen molar-refractivity contribution in [3.05, 3.63) is 122 Å². The third-order valence-electron chi connectivity index (χ3n) is 6.71. The fraction of sp³-hybridized carbons (Fsp3) is 0.226. The zero-order valence-corrected chi connectivity index (χ0v) is 22.0. The van der Waals surface area contributed by atoms with Crippen LogP contribution in [-0.2, 0) is 19.4 Å². The van der Waals surface area contributed by atoms with E-state index < -0.39 is 5.76 Å². The summed E-state index contributed by atoms with van der Waals surface area (Å²) in [5.74, 6) is -0.219. The number of unbranched alkanes of at least 4 members (excludes halogenated alkanes) is 1. The first-order chi connectivity index (χ1) is 19.1. The van der Waals surface area contributed by atoms with Gasteiger partial charge in [0.15, 0.2) is 5.82 Å². The van der Waals surface area contributed by atoms with Gasteiger partial charge in [-0.1, -0.05) is 97.4 Å². The van der Waals surface area contributed by atoms with E-state index in [1.165, 1.54) is 0 Å². The van der Waals surface area contributed by atoms with E-state index >= 15 is 0 Å². The average molecular weight is 563 g/mol. The van der Waals surface area contributed by atoms with Crippen LogP contribution in [0.25, 0.3) is 22.5 Å². The van der Waals surface area contributed by atoms with Crippen LogP contribution < -0.4 is 16.1 Å². The minimum atomic E-state index is -0.597. The Morgan fingerprint density at radius 1 is 0.900 bits per heavy atom. The first kappa shape index (κ1) is 29.9. The quantitative estimate of drug-likeness (QED) is 0.250. The summed E-state index contributed by atoms with van der Waals surface area (Å²) >= 11 is 0. The van der Waals surface area contributed by atoms with Gasteiger partial charge in [-0.05, 0) is 35.1 Å². The number of aromatic nitrogens is 4. The first-order valence-electron chi connectivity index (χ1n) is 13.0. The van der Waals surface area contributed by atoms with Crippen molar-refractivity contribution in [1.29, 1.82) is 0 Å². The molecule has 2 aromatic heterocycles. The minimum absolute atomic E-state index is 0. The molecule has 2 heterocycles. The molecular weight excluding hydrogens is 531 g/mol. The van der Waals surface area contributed by atoms with Crippen LogP contribution in [0.1, 0.15) is 42.1 Å². The van der Waals surface area contributed by atoms with Crippen molar-refractivity contribution in [2.45, 2.75) is 39.2 Å². The summed E-state index contributed by atoms with van der Waals surface area (Å²) in [6.07, 6.45) is 3.11. The van der Waals surface area contributed by atoms with Gasteiger partial charge < -0.3 is 4.74 Å². The molecule has 0 fully saturated rings. The van der Waals surface area contributed by atoms with Gasteiger partial charge in [0, 0.05) is 17.5 Å². The Morgan fingerprint density at radius 2 is 1.60 bits per heavy atom. The number of methoxy groups -OCH3 is 1.